The Hall–Kier alpha value is -1.13. The second-order valence-corrected chi connectivity index (χ2v) is 5.02. The standard InChI is InChI=1S/C12H17ClN2O2/c1-8-6-10(13)9(7-14-8)11(17)15-12(2,3)4-5-16/h6-7,16H,4-5H2,1-3H3,(H,15,17). The molecule has 0 aliphatic rings. The SMILES string of the molecule is Cc1cc(Cl)c(C(=O)NC(C)(C)CCO)cn1. The maximum absolute atomic E-state index is 12.0. The van der Waals surface area contributed by atoms with Crippen molar-refractivity contribution in [3.05, 3.63) is 28.5 Å². The lowest BCUT2D eigenvalue weighted by Crippen LogP contribution is -2.44. The van der Waals surface area contributed by atoms with Crippen LogP contribution in [0.1, 0.15) is 36.3 Å². The van der Waals surface area contributed by atoms with Gasteiger partial charge >= 0.3 is 0 Å². The lowest BCUT2D eigenvalue weighted by molar-refractivity contribution is 0.0899. The third-order valence-corrected chi connectivity index (χ3v) is 2.74. The van der Waals surface area contributed by atoms with Crippen LogP contribution in [0.15, 0.2) is 12.3 Å². The summed E-state index contributed by atoms with van der Waals surface area (Å²) in [4.78, 5) is 16.0. The molecule has 0 saturated heterocycles. The van der Waals surface area contributed by atoms with Crippen LogP contribution in [0.3, 0.4) is 0 Å². The summed E-state index contributed by atoms with van der Waals surface area (Å²) in [5, 5.41) is 12.1. The normalized spacial score (nSPS) is 11.4. The van der Waals surface area contributed by atoms with Crippen molar-refractivity contribution >= 4 is 17.5 Å². The summed E-state index contributed by atoms with van der Waals surface area (Å²) in [7, 11) is 0. The van der Waals surface area contributed by atoms with Gasteiger partial charge in [-0.3, -0.25) is 9.78 Å². The van der Waals surface area contributed by atoms with E-state index in [1.165, 1.54) is 6.20 Å². The number of hydrogen-bond acceptors (Lipinski definition) is 3. The predicted molar refractivity (Wildman–Crippen MR) is 67.2 cm³/mol. The molecule has 1 amide bonds. The summed E-state index contributed by atoms with van der Waals surface area (Å²) < 4.78 is 0. The summed E-state index contributed by atoms with van der Waals surface area (Å²) in [6.45, 7) is 5.52. The molecule has 4 nitrogen and oxygen atoms in total. The molecule has 0 saturated carbocycles. The molecule has 1 heterocycles. The maximum Gasteiger partial charge on any atom is 0.254 e. The smallest absolute Gasteiger partial charge is 0.254 e. The third-order valence-electron chi connectivity index (χ3n) is 2.42. The van der Waals surface area contributed by atoms with E-state index in [4.69, 9.17) is 16.7 Å². The first kappa shape index (κ1) is 13.9. The number of pyridine rings is 1. The van der Waals surface area contributed by atoms with Crippen LogP contribution < -0.4 is 5.32 Å². The first-order valence-corrected chi connectivity index (χ1v) is 5.79. The molecule has 0 aliphatic carbocycles. The first-order chi connectivity index (χ1) is 7.85. The van der Waals surface area contributed by atoms with E-state index in [0.29, 0.717) is 17.0 Å². The molecule has 1 rings (SSSR count). The summed E-state index contributed by atoms with van der Waals surface area (Å²) >= 11 is 5.98. The minimum atomic E-state index is -0.472. The maximum atomic E-state index is 12.0. The molecule has 1 aromatic heterocycles. The fraction of sp³-hybridized carbons (Fsp3) is 0.500. The quantitative estimate of drug-likeness (QED) is 0.865. The van der Waals surface area contributed by atoms with Gasteiger partial charge in [-0.1, -0.05) is 11.6 Å². The molecule has 2 N–H and O–H groups in total. The zero-order valence-corrected chi connectivity index (χ0v) is 11.0. The number of carbonyl (C=O) groups excluding carboxylic acids is 1. The van der Waals surface area contributed by atoms with Crippen molar-refractivity contribution in [2.75, 3.05) is 6.61 Å². The zero-order chi connectivity index (χ0) is 13.1. The van der Waals surface area contributed by atoms with Crippen molar-refractivity contribution in [2.45, 2.75) is 32.7 Å². The fourth-order valence-electron chi connectivity index (χ4n) is 1.41. The molecule has 0 aliphatic heterocycles. The highest BCUT2D eigenvalue weighted by atomic mass is 35.5. The van der Waals surface area contributed by atoms with Crippen LogP contribution in [-0.2, 0) is 0 Å². The molecule has 0 fully saturated rings. The Bertz CT molecular complexity index is 419. The molecule has 0 spiro atoms. The van der Waals surface area contributed by atoms with Gasteiger partial charge in [0.25, 0.3) is 5.91 Å². The van der Waals surface area contributed by atoms with Gasteiger partial charge < -0.3 is 10.4 Å². The second-order valence-electron chi connectivity index (χ2n) is 4.62. The predicted octanol–water partition coefficient (Wildman–Crippen LogP) is 1.93. The van der Waals surface area contributed by atoms with Crippen LogP contribution in [0.2, 0.25) is 5.02 Å². The average Bonchev–Trinajstić information content (AvgIpc) is 2.15. The van der Waals surface area contributed by atoms with Gasteiger partial charge in [0.2, 0.25) is 0 Å². The molecule has 0 radical (unpaired) electrons. The molecule has 0 aromatic carbocycles. The van der Waals surface area contributed by atoms with E-state index in [0.717, 1.165) is 5.69 Å². The lowest BCUT2D eigenvalue weighted by atomic mass is 10.0. The largest absolute Gasteiger partial charge is 0.396 e. The van der Waals surface area contributed by atoms with Gasteiger partial charge in [0, 0.05) is 24.0 Å². The van der Waals surface area contributed by atoms with Gasteiger partial charge in [0.05, 0.1) is 10.6 Å². The molecule has 94 valence electrons. The van der Waals surface area contributed by atoms with Crippen LogP contribution in [0.5, 0.6) is 0 Å². The fourth-order valence-corrected chi connectivity index (χ4v) is 1.70. The number of nitrogens with one attached hydrogen (secondary N) is 1. The van der Waals surface area contributed by atoms with Crippen molar-refractivity contribution in [1.82, 2.24) is 10.3 Å². The minimum absolute atomic E-state index is 0.0210. The van der Waals surface area contributed by atoms with Gasteiger partial charge in [-0.15, -0.1) is 0 Å². The number of hydrogen-bond donors (Lipinski definition) is 2. The number of aromatic nitrogens is 1. The van der Waals surface area contributed by atoms with Gasteiger partial charge in [-0.25, -0.2) is 0 Å². The van der Waals surface area contributed by atoms with Crippen molar-refractivity contribution in [3.8, 4) is 0 Å². The van der Waals surface area contributed by atoms with Crippen molar-refractivity contribution in [1.29, 1.82) is 0 Å². The molecule has 0 bridgehead atoms. The van der Waals surface area contributed by atoms with Crippen LogP contribution in [-0.4, -0.2) is 28.1 Å². The molecule has 0 unspecified atom stereocenters. The second kappa shape index (κ2) is 5.47. The number of nitrogens with zero attached hydrogens (tertiary/aromatic N) is 1. The Balaban J connectivity index is 2.83. The molecule has 5 heteroatoms. The minimum Gasteiger partial charge on any atom is -0.396 e. The molecule has 17 heavy (non-hydrogen) atoms. The Kier molecular flexibility index (Phi) is 4.48. The van der Waals surface area contributed by atoms with Gasteiger partial charge in [-0.05, 0) is 33.3 Å². The summed E-state index contributed by atoms with van der Waals surface area (Å²) in [6.07, 6.45) is 1.94. The Labute approximate surface area is 106 Å². The highest BCUT2D eigenvalue weighted by molar-refractivity contribution is 6.33. The van der Waals surface area contributed by atoms with Gasteiger partial charge in [-0.2, -0.15) is 0 Å². The monoisotopic (exact) mass is 256 g/mol. The van der Waals surface area contributed by atoms with E-state index in [1.54, 1.807) is 6.07 Å². The number of amides is 1. The van der Waals surface area contributed by atoms with E-state index >= 15 is 0 Å². The molecule has 0 atom stereocenters. The Morgan fingerprint density at radius 1 is 1.59 bits per heavy atom. The highest BCUT2D eigenvalue weighted by Gasteiger charge is 2.22. The Morgan fingerprint density at radius 3 is 2.76 bits per heavy atom. The number of aliphatic hydroxyl groups is 1. The van der Waals surface area contributed by atoms with Crippen LogP contribution in [0.4, 0.5) is 0 Å². The first-order valence-electron chi connectivity index (χ1n) is 5.41. The topological polar surface area (TPSA) is 62.2 Å². The number of halogens is 1. The van der Waals surface area contributed by atoms with Gasteiger partial charge in [0.15, 0.2) is 0 Å². The summed E-state index contributed by atoms with van der Waals surface area (Å²) in [6, 6.07) is 1.65. The number of aliphatic hydroxyl groups excluding tert-OH is 1. The highest BCUT2D eigenvalue weighted by Crippen LogP contribution is 2.17. The molecule has 1 aromatic rings. The Morgan fingerprint density at radius 2 is 2.24 bits per heavy atom. The van der Waals surface area contributed by atoms with E-state index < -0.39 is 5.54 Å². The number of aryl methyl sites for hydroxylation is 1. The third kappa shape index (κ3) is 3.98. The van der Waals surface area contributed by atoms with E-state index in [-0.39, 0.29) is 12.5 Å². The average molecular weight is 257 g/mol. The van der Waals surface area contributed by atoms with Crippen molar-refractivity contribution in [2.24, 2.45) is 0 Å². The van der Waals surface area contributed by atoms with Crippen molar-refractivity contribution in [3.63, 3.8) is 0 Å². The van der Waals surface area contributed by atoms with E-state index in [1.807, 2.05) is 20.8 Å². The van der Waals surface area contributed by atoms with Crippen LogP contribution in [0.25, 0.3) is 0 Å². The van der Waals surface area contributed by atoms with Crippen LogP contribution >= 0.6 is 11.6 Å². The lowest BCUT2D eigenvalue weighted by Gasteiger charge is -2.25. The summed E-state index contributed by atoms with van der Waals surface area (Å²) in [5.74, 6) is -0.277. The number of rotatable bonds is 4. The summed E-state index contributed by atoms with van der Waals surface area (Å²) in [5.41, 5.74) is 0.643. The molecular weight excluding hydrogens is 240 g/mol. The number of carbonyl (C=O) groups is 1. The van der Waals surface area contributed by atoms with E-state index in [9.17, 15) is 4.79 Å². The van der Waals surface area contributed by atoms with Crippen LogP contribution in [0, 0.1) is 6.92 Å². The van der Waals surface area contributed by atoms with Crippen molar-refractivity contribution < 1.29 is 9.90 Å². The van der Waals surface area contributed by atoms with Gasteiger partial charge in [0.1, 0.15) is 0 Å². The van der Waals surface area contributed by atoms with E-state index in [2.05, 4.69) is 10.3 Å². The molecular formula is C12H17ClN2O2. The zero-order valence-electron chi connectivity index (χ0n) is 10.2.